The smallest absolute Gasteiger partial charge is 0.139 e. The Morgan fingerprint density at radius 2 is 2.31 bits per heavy atom. The Balaban J connectivity index is 2.60. The first-order chi connectivity index (χ1) is 6.20. The van der Waals surface area contributed by atoms with Gasteiger partial charge < -0.3 is 10.5 Å². The number of nitrogens with two attached hydrogens (primary N) is 1. The highest BCUT2D eigenvalue weighted by atomic mass is 79.9. The fourth-order valence-electron chi connectivity index (χ4n) is 1.47. The molecule has 0 radical (unpaired) electrons. The van der Waals surface area contributed by atoms with Gasteiger partial charge >= 0.3 is 0 Å². The SMILES string of the molecule is N[C@@H]1CCOc2c(Br)ccc(Cl)c21. The summed E-state index contributed by atoms with van der Waals surface area (Å²) in [6, 6.07) is 3.70. The number of fused-ring (bicyclic) bond motifs is 1. The van der Waals surface area contributed by atoms with Crippen LogP contribution in [0.5, 0.6) is 5.75 Å². The molecule has 1 aromatic rings. The van der Waals surface area contributed by atoms with E-state index in [2.05, 4.69) is 15.9 Å². The molecule has 0 aliphatic carbocycles. The van der Waals surface area contributed by atoms with Crippen LogP contribution in [0.4, 0.5) is 0 Å². The minimum absolute atomic E-state index is 0.00579. The van der Waals surface area contributed by atoms with Gasteiger partial charge in [0, 0.05) is 23.0 Å². The van der Waals surface area contributed by atoms with Crippen molar-refractivity contribution in [1.82, 2.24) is 0 Å². The van der Waals surface area contributed by atoms with Crippen molar-refractivity contribution in [3.63, 3.8) is 0 Å². The van der Waals surface area contributed by atoms with Gasteiger partial charge in [-0.1, -0.05) is 11.6 Å². The Morgan fingerprint density at radius 3 is 3.00 bits per heavy atom. The molecule has 0 saturated heterocycles. The normalized spacial score (nSPS) is 20.7. The minimum atomic E-state index is -0.00579. The number of benzene rings is 1. The van der Waals surface area contributed by atoms with Crippen molar-refractivity contribution in [3.8, 4) is 5.75 Å². The van der Waals surface area contributed by atoms with Crippen molar-refractivity contribution in [2.75, 3.05) is 6.61 Å². The lowest BCUT2D eigenvalue weighted by Gasteiger charge is -2.24. The third-order valence-electron chi connectivity index (χ3n) is 2.14. The first kappa shape index (κ1) is 9.31. The monoisotopic (exact) mass is 261 g/mol. The lowest BCUT2D eigenvalue weighted by Crippen LogP contribution is -2.21. The highest BCUT2D eigenvalue weighted by molar-refractivity contribution is 9.10. The molecular formula is C9H9BrClNO. The molecule has 2 N–H and O–H groups in total. The molecule has 0 amide bonds. The molecule has 1 aliphatic rings. The average molecular weight is 263 g/mol. The van der Waals surface area contributed by atoms with Gasteiger partial charge in [0.1, 0.15) is 5.75 Å². The Bertz CT molecular complexity index is 343. The number of rotatable bonds is 0. The summed E-state index contributed by atoms with van der Waals surface area (Å²) in [6.07, 6.45) is 0.823. The van der Waals surface area contributed by atoms with E-state index in [0.717, 1.165) is 22.2 Å². The predicted octanol–water partition coefficient (Wildman–Crippen LogP) is 2.88. The summed E-state index contributed by atoms with van der Waals surface area (Å²) < 4.78 is 6.41. The minimum Gasteiger partial charge on any atom is -0.492 e. The third-order valence-corrected chi connectivity index (χ3v) is 3.09. The van der Waals surface area contributed by atoms with E-state index in [1.165, 1.54) is 0 Å². The first-order valence-electron chi connectivity index (χ1n) is 4.06. The quantitative estimate of drug-likeness (QED) is 0.780. The molecule has 13 heavy (non-hydrogen) atoms. The van der Waals surface area contributed by atoms with E-state index in [4.69, 9.17) is 22.1 Å². The Hall–Kier alpha value is -0.250. The fraction of sp³-hybridized carbons (Fsp3) is 0.333. The summed E-state index contributed by atoms with van der Waals surface area (Å²) in [5, 5.41) is 0.686. The van der Waals surface area contributed by atoms with Crippen LogP contribution < -0.4 is 10.5 Å². The molecule has 0 fully saturated rings. The zero-order valence-corrected chi connectivity index (χ0v) is 9.23. The number of hydrogen-bond acceptors (Lipinski definition) is 2. The van der Waals surface area contributed by atoms with Gasteiger partial charge in [0.05, 0.1) is 11.1 Å². The Labute approximate surface area is 90.1 Å². The van der Waals surface area contributed by atoms with Crippen LogP contribution in [0, 0.1) is 0 Å². The largest absolute Gasteiger partial charge is 0.492 e. The highest BCUT2D eigenvalue weighted by Gasteiger charge is 2.22. The summed E-state index contributed by atoms with van der Waals surface area (Å²) in [5.41, 5.74) is 6.85. The zero-order chi connectivity index (χ0) is 9.42. The molecule has 1 atom stereocenters. The van der Waals surface area contributed by atoms with Gasteiger partial charge in [-0.2, -0.15) is 0 Å². The van der Waals surface area contributed by atoms with E-state index in [-0.39, 0.29) is 6.04 Å². The molecule has 1 aromatic carbocycles. The Kier molecular flexibility index (Phi) is 2.49. The maximum absolute atomic E-state index is 6.03. The van der Waals surface area contributed by atoms with Crippen molar-refractivity contribution in [2.45, 2.75) is 12.5 Å². The average Bonchev–Trinajstić information content (AvgIpc) is 2.12. The molecule has 4 heteroatoms. The van der Waals surface area contributed by atoms with E-state index in [0.29, 0.717) is 11.6 Å². The van der Waals surface area contributed by atoms with E-state index < -0.39 is 0 Å². The van der Waals surface area contributed by atoms with Gasteiger partial charge in [-0.25, -0.2) is 0 Å². The second-order valence-corrected chi connectivity index (χ2v) is 4.28. The van der Waals surface area contributed by atoms with E-state index >= 15 is 0 Å². The standard InChI is InChI=1S/C9H9BrClNO/c10-5-1-2-6(11)8-7(12)3-4-13-9(5)8/h1-2,7H,3-4,12H2/t7-/m1/s1. The van der Waals surface area contributed by atoms with Crippen LogP contribution in [0.1, 0.15) is 18.0 Å². The van der Waals surface area contributed by atoms with E-state index in [1.807, 2.05) is 12.1 Å². The second kappa shape index (κ2) is 3.48. The topological polar surface area (TPSA) is 35.2 Å². The van der Waals surface area contributed by atoms with Crippen molar-refractivity contribution < 1.29 is 4.74 Å². The third kappa shape index (κ3) is 1.56. The lowest BCUT2D eigenvalue weighted by atomic mass is 10.0. The van der Waals surface area contributed by atoms with Crippen molar-refractivity contribution >= 4 is 27.5 Å². The van der Waals surface area contributed by atoms with Crippen molar-refractivity contribution in [2.24, 2.45) is 5.73 Å². The highest BCUT2D eigenvalue weighted by Crippen LogP contribution is 2.40. The van der Waals surface area contributed by atoms with E-state index in [9.17, 15) is 0 Å². The van der Waals surface area contributed by atoms with Crippen LogP contribution in [0.3, 0.4) is 0 Å². The number of ether oxygens (including phenoxy) is 1. The van der Waals surface area contributed by atoms with Gasteiger partial charge in [-0.3, -0.25) is 0 Å². The maximum Gasteiger partial charge on any atom is 0.139 e. The summed E-state index contributed by atoms with van der Waals surface area (Å²) in [6.45, 7) is 0.660. The first-order valence-corrected chi connectivity index (χ1v) is 5.23. The lowest BCUT2D eigenvalue weighted by molar-refractivity contribution is 0.267. The molecule has 1 heterocycles. The van der Waals surface area contributed by atoms with Crippen LogP contribution >= 0.6 is 27.5 Å². The molecule has 70 valence electrons. The fourth-order valence-corrected chi connectivity index (χ4v) is 2.22. The van der Waals surface area contributed by atoms with Crippen LogP contribution in [0.15, 0.2) is 16.6 Å². The molecule has 2 rings (SSSR count). The molecular weight excluding hydrogens is 253 g/mol. The van der Waals surface area contributed by atoms with Gasteiger partial charge in [-0.05, 0) is 28.1 Å². The number of halogens is 2. The summed E-state index contributed by atoms with van der Waals surface area (Å²) in [4.78, 5) is 0. The summed E-state index contributed by atoms with van der Waals surface area (Å²) >= 11 is 9.43. The number of hydrogen-bond donors (Lipinski definition) is 1. The van der Waals surface area contributed by atoms with Crippen LogP contribution in [-0.4, -0.2) is 6.61 Å². The molecule has 1 aliphatic heterocycles. The Morgan fingerprint density at radius 1 is 1.54 bits per heavy atom. The van der Waals surface area contributed by atoms with E-state index in [1.54, 1.807) is 0 Å². The van der Waals surface area contributed by atoms with Crippen molar-refractivity contribution in [1.29, 1.82) is 0 Å². The molecule has 0 aromatic heterocycles. The van der Waals surface area contributed by atoms with Gasteiger partial charge in [0.15, 0.2) is 0 Å². The molecule has 2 nitrogen and oxygen atoms in total. The molecule has 0 bridgehead atoms. The maximum atomic E-state index is 6.03. The van der Waals surface area contributed by atoms with Gasteiger partial charge in [0.25, 0.3) is 0 Å². The second-order valence-electron chi connectivity index (χ2n) is 3.02. The predicted molar refractivity (Wildman–Crippen MR) is 56.2 cm³/mol. The van der Waals surface area contributed by atoms with Gasteiger partial charge in [0.2, 0.25) is 0 Å². The van der Waals surface area contributed by atoms with Crippen LogP contribution in [-0.2, 0) is 0 Å². The molecule has 0 saturated carbocycles. The van der Waals surface area contributed by atoms with Gasteiger partial charge in [-0.15, -0.1) is 0 Å². The molecule has 0 unspecified atom stereocenters. The summed E-state index contributed by atoms with van der Waals surface area (Å²) in [7, 11) is 0. The molecule has 0 spiro atoms. The van der Waals surface area contributed by atoms with Crippen molar-refractivity contribution in [3.05, 3.63) is 27.2 Å². The van der Waals surface area contributed by atoms with Crippen LogP contribution in [0.25, 0.3) is 0 Å². The van der Waals surface area contributed by atoms with Crippen LogP contribution in [0.2, 0.25) is 5.02 Å². The zero-order valence-electron chi connectivity index (χ0n) is 6.89. The summed E-state index contributed by atoms with van der Waals surface area (Å²) in [5.74, 6) is 0.797.